The molecular weight excluding hydrogens is 330 g/mol. The molecule has 0 saturated heterocycles. The molecule has 0 bridgehead atoms. The van der Waals surface area contributed by atoms with Crippen molar-refractivity contribution in [3.05, 3.63) is 54.0 Å². The van der Waals surface area contributed by atoms with Gasteiger partial charge >= 0.3 is 0 Å². The van der Waals surface area contributed by atoms with Crippen molar-refractivity contribution in [2.24, 2.45) is 5.16 Å². The van der Waals surface area contributed by atoms with Crippen LogP contribution >= 0.6 is 0 Å². The zero-order valence-electron chi connectivity index (χ0n) is 14.5. The van der Waals surface area contributed by atoms with Crippen molar-refractivity contribution in [2.75, 3.05) is 6.61 Å². The molecule has 0 atom stereocenters. The van der Waals surface area contributed by atoms with Crippen molar-refractivity contribution in [1.29, 1.82) is 0 Å². The summed E-state index contributed by atoms with van der Waals surface area (Å²) in [7, 11) is 0. The minimum atomic E-state index is 0.500. The Labute approximate surface area is 149 Å². The van der Waals surface area contributed by atoms with Gasteiger partial charge in [-0.05, 0) is 37.6 Å². The van der Waals surface area contributed by atoms with Crippen LogP contribution in [-0.2, 0) is 11.4 Å². The van der Waals surface area contributed by atoms with Crippen molar-refractivity contribution in [3.63, 3.8) is 0 Å². The molecule has 0 aliphatic rings. The maximum absolute atomic E-state index is 5.09. The Balaban J connectivity index is 1.69. The van der Waals surface area contributed by atoms with E-state index < -0.39 is 0 Å². The first-order valence-electron chi connectivity index (χ1n) is 8.31. The largest absolute Gasteiger partial charge is 0.396 e. The van der Waals surface area contributed by atoms with Gasteiger partial charge in [0, 0.05) is 11.6 Å². The first-order chi connectivity index (χ1) is 12.7. The van der Waals surface area contributed by atoms with E-state index >= 15 is 0 Å². The number of rotatable bonds is 5. The summed E-state index contributed by atoms with van der Waals surface area (Å²) in [5.74, 6) is 0. The minimum absolute atomic E-state index is 0.500. The molecule has 0 aliphatic heterocycles. The third kappa shape index (κ3) is 3.08. The smallest absolute Gasteiger partial charge is 0.221 e. The van der Waals surface area contributed by atoms with E-state index in [4.69, 9.17) is 4.84 Å². The molecule has 0 fully saturated rings. The van der Waals surface area contributed by atoms with Crippen molar-refractivity contribution >= 4 is 27.9 Å². The highest BCUT2D eigenvalue weighted by Crippen LogP contribution is 2.15. The topological polar surface area (TPSA) is 91.0 Å². The van der Waals surface area contributed by atoms with Crippen LogP contribution in [0.1, 0.15) is 25.1 Å². The van der Waals surface area contributed by atoms with E-state index in [9.17, 15) is 0 Å². The Hall–Kier alpha value is -3.42. The van der Waals surface area contributed by atoms with Gasteiger partial charge in [0.05, 0.1) is 18.3 Å². The number of pyridine rings is 1. The molecule has 0 aliphatic carbocycles. The maximum atomic E-state index is 5.09. The van der Waals surface area contributed by atoms with E-state index in [2.05, 4.69) is 36.5 Å². The van der Waals surface area contributed by atoms with Gasteiger partial charge in [-0.1, -0.05) is 22.5 Å². The van der Waals surface area contributed by atoms with Crippen LogP contribution in [0.15, 0.2) is 47.9 Å². The average Bonchev–Trinajstić information content (AvgIpc) is 3.08. The normalized spacial score (nSPS) is 12.0. The molecule has 130 valence electrons. The molecule has 0 radical (unpaired) electrons. The van der Waals surface area contributed by atoms with Gasteiger partial charge < -0.3 is 4.84 Å². The predicted molar refractivity (Wildman–Crippen MR) is 97.8 cm³/mol. The van der Waals surface area contributed by atoms with Gasteiger partial charge in [-0.2, -0.15) is 0 Å². The van der Waals surface area contributed by atoms with Crippen LogP contribution < -0.4 is 0 Å². The summed E-state index contributed by atoms with van der Waals surface area (Å²) in [5, 5.41) is 13.4. The molecule has 0 saturated carbocycles. The Kier molecular flexibility index (Phi) is 4.22. The Morgan fingerprint density at radius 2 is 2.15 bits per heavy atom. The summed E-state index contributed by atoms with van der Waals surface area (Å²) < 4.78 is 1.73. The lowest BCUT2D eigenvalue weighted by Gasteiger charge is -2.05. The third-order valence-corrected chi connectivity index (χ3v) is 3.93. The first-order valence-corrected chi connectivity index (χ1v) is 8.31. The monoisotopic (exact) mass is 347 g/mol. The SMILES string of the molecule is CCO/N=C(/C)c1cnc2nnn(Cc3ccc4ncccc4c3)c2n1. The first kappa shape index (κ1) is 16.1. The fourth-order valence-electron chi connectivity index (χ4n) is 2.64. The van der Waals surface area contributed by atoms with Gasteiger partial charge in [0.1, 0.15) is 18.0 Å². The summed E-state index contributed by atoms with van der Waals surface area (Å²) >= 11 is 0. The fraction of sp³-hybridized carbons (Fsp3) is 0.222. The summed E-state index contributed by atoms with van der Waals surface area (Å²) in [6.45, 7) is 4.75. The summed E-state index contributed by atoms with van der Waals surface area (Å²) in [5.41, 5.74) is 4.46. The van der Waals surface area contributed by atoms with Crippen molar-refractivity contribution in [2.45, 2.75) is 20.4 Å². The molecule has 4 aromatic rings. The number of hydrogen-bond donors (Lipinski definition) is 0. The quantitative estimate of drug-likeness (QED) is 0.407. The second kappa shape index (κ2) is 6.83. The number of nitrogens with zero attached hydrogens (tertiary/aromatic N) is 7. The number of aromatic nitrogens is 6. The van der Waals surface area contributed by atoms with Crippen molar-refractivity contribution in [1.82, 2.24) is 29.9 Å². The maximum Gasteiger partial charge on any atom is 0.221 e. The Morgan fingerprint density at radius 3 is 3.04 bits per heavy atom. The van der Waals surface area contributed by atoms with E-state index in [0.717, 1.165) is 16.5 Å². The van der Waals surface area contributed by atoms with E-state index in [0.29, 0.717) is 35.9 Å². The molecule has 8 heteroatoms. The van der Waals surface area contributed by atoms with E-state index in [-0.39, 0.29) is 0 Å². The number of oxime groups is 1. The minimum Gasteiger partial charge on any atom is -0.396 e. The number of fused-ring (bicyclic) bond motifs is 2. The molecule has 1 aromatic carbocycles. The molecule has 3 aromatic heterocycles. The van der Waals surface area contributed by atoms with Crippen LogP contribution in [0.3, 0.4) is 0 Å². The highest BCUT2D eigenvalue weighted by atomic mass is 16.6. The van der Waals surface area contributed by atoms with Crippen LogP contribution in [0, 0.1) is 0 Å². The Bertz CT molecular complexity index is 1100. The molecule has 8 nitrogen and oxygen atoms in total. The Morgan fingerprint density at radius 1 is 1.23 bits per heavy atom. The van der Waals surface area contributed by atoms with Crippen molar-refractivity contribution in [3.8, 4) is 0 Å². The van der Waals surface area contributed by atoms with Gasteiger partial charge in [0.2, 0.25) is 5.65 Å². The molecule has 26 heavy (non-hydrogen) atoms. The lowest BCUT2D eigenvalue weighted by atomic mass is 10.1. The zero-order valence-corrected chi connectivity index (χ0v) is 14.5. The second-order valence-electron chi connectivity index (χ2n) is 5.77. The summed E-state index contributed by atoms with van der Waals surface area (Å²) in [6.07, 6.45) is 3.41. The van der Waals surface area contributed by atoms with Crippen LogP contribution in [0.2, 0.25) is 0 Å². The number of hydrogen-bond acceptors (Lipinski definition) is 7. The molecule has 4 rings (SSSR count). The van der Waals surface area contributed by atoms with Gasteiger partial charge in [-0.25, -0.2) is 14.6 Å². The average molecular weight is 347 g/mol. The van der Waals surface area contributed by atoms with Gasteiger partial charge in [-0.15, -0.1) is 5.10 Å². The summed E-state index contributed by atoms with van der Waals surface area (Å²) in [6, 6.07) is 10.1. The van der Waals surface area contributed by atoms with Crippen LogP contribution in [0.25, 0.3) is 22.2 Å². The molecule has 3 heterocycles. The molecule has 0 N–H and O–H groups in total. The lowest BCUT2D eigenvalue weighted by Crippen LogP contribution is -2.06. The highest BCUT2D eigenvalue weighted by molar-refractivity contribution is 5.97. The fourth-order valence-corrected chi connectivity index (χ4v) is 2.64. The predicted octanol–water partition coefficient (Wildman–Crippen LogP) is 2.58. The molecule has 0 spiro atoms. The number of benzene rings is 1. The lowest BCUT2D eigenvalue weighted by molar-refractivity contribution is 0.159. The van der Waals surface area contributed by atoms with Crippen LogP contribution in [-0.4, -0.2) is 42.3 Å². The van der Waals surface area contributed by atoms with E-state index in [1.165, 1.54) is 0 Å². The second-order valence-corrected chi connectivity index (χ2v) is 5.77. The molecular formula is C18H17N7O. The van der Waals surface area contributed by atoms with Crippen molar-refractivity contribution < 1.29 is 4.84 Å². The van der Waals surface area contributed by atoms with E-state index in [1.807, 2.05) is 38.1 Å². The van der Waals surface area contributed by atoms with Crippen LogP contribution in [0.5, 0.6) is 0 Å². The standard InChI is InChI=1S/C18H17N7O/c1-3-26-23-12(2)16-10-20-17-18(21-16)25(24-22-17)11-13-6-7-15-14(9-13)5-4-8-19-15/h4-10H,3,11H2,1-2H3/b23-12-. The third-order valence-electron chi connectivity index (χ3n) is 3.93. The molecule has 0 amide bonds. The molecule has 0 unspecified atom stereocenters. The summed E-state index contributed by atoms with van der Waals surface area (Å²) in [4.78, 5) is 18.3. The van der Waals surface area contributed by atoms with Gasteiger partial charge in [0.15, 0.2) is 5.65 Å². The van der Waals surface area contributed by atoms with E-state index in [1.54, 1.807) is 17.1 Å². The van der Waals surface area contributed by atoms with Gasteiger partial charge in [-0.3, -0.25) is 4.98 Å². The highest BCUT2D eigenvalue weighted by Gasteiger charge is 2.11. The van der Waals surface area contributed by atoms with Gasteiger partial charge in [0.25, 0.3) is 0 Å². The van der Waals surface area contributed by atoms with Crippen LogP contribution in [0.4, 0.5) is 0 Å². The zero-order chi connectivity index (χ0) is 17.9.